The molecule has 1 aromatic rings. The van der Waals surface area contributed by atoms with Crippen molar-refractivity contribution in [2.45, 2.75) is 45.2 Å². The van der Waals surface area contributed by atoms with Gasteiger partial charge in [0, 0.05) is 26.1 Å². The van der Waals surface area contributed by atoms with E-state index in [-0.39, 0.29) is 30.1 Å². The van der Waals surface area contributed by atoms with E-state index in [1.54, 1.807) is 9.80 Å². The van der Waals surface area contributed by atoms with Gasteiger partial charge in [0.25, 0.3) is 0 Å². The molecule has 0 N–H and O–H groups in total. The lowest BCUT2D eigenvalue weighted by molar-refractivity contribution is -0.156. The first kappa shape index (κ1) is 18.4. The minimum absolute atomic E-state index is 0.00412. The molecule has 0 saturated carbocycles. The van der Waals surface area contributed by atoms with E-state index in [0.29, 0.717) is 26.1 Å². The van der Waals surface area contributed by atoms with Crippen LogP contribution in [0.25, 0.3) is 0 Å². The highest BCUT2D eigenvalue weighted by Crippen LogP contribution is 2.26. The van der Waals surface area contributed by atoms with E-state index >= 15 is 0 Å². The van der Waals surface area contributed by atoms with Crippen molar-refractivity contribution in [3.8, 4) is 0 Å². The van der Waals surface area contributed by atoms with Gasteiger partial charge in [0.15, 0.2) is 0 Å². The number of ether oxygens (including phenoxy) is 1. The van der Waals surface area contributed by atoms with Crippen LogP contribution in [0.5, 0.6) is 0 Å². The number of methoxy groups -OCH3 is 1. The van der Waals surface area contributed by atoms with Crippen molar-refractivity contribution in [3.63, 3.8) is 0 Å². The molecule has 0 spiro atoms. The van der Waals surface area contributed by atoms with Gasteiger partial charge in [-0.3, -0.25) is 9.59 Å². The summed E-state index contributed by atoms with van der Waals surface area (Å²) < 4.78 is 4.85. The van der Waals surface area contributed by atoms with E-state index in [1.807, 2.05) is 31.2 Å². The molecule has 6 nitrogen and oxygen atoms in total. The van der Waals surface area contributed by atoms with Gasteiger partial charge in [0.1, 0.15) is 6.04 Å². The van der Waals surface area contributed by atoms with E-state index in [2.05, 4.69) is 0 Å². The fraction of sp³-hybridized carbons (Fsp3) is 0.550. The van der Waals surface area contributed by atoms with E-state index < -0.39 is 6.04 Å². The van der Waals surface area contributed by atoms with Gasteiger partial charge >= 0.3 is 5.97 Å². The maximum Gasteiger partial charge on any atom is 0.328 e. The number of carbonyl (C=O) groups is 3. The molecule has 2 amide bonds. The molecule has 2 aliphatic rings. The second-order valence-corrected chi connectivity index (χ2v) is 7.23. The van der Waals surface area contributed by atoms with E-state index in [0.717, 1.165) is 18.4 Å². The Hall–Kier alpha value is -2.37. The van der Waals surface area contributed by atoms with Gasteiger partial charge in [0.05, 0.1) is 13.0 Å². The predicted octanol–water partition coefficient (Wildman–Crippen LogP) is 1.90. The highest BCUT2D eigenvalue weighted by molar-refractivity contribution is 5.91. The number of hydrogen-bond donors (Lipinski definition) is 0. The summed E-state index contributed by atoms with van der Waals surface area (Å²) in [5.74, 6) is -0.840. The van der Waals surface area contributed by atoms with Crippen molar-refractivity contribution in [3.05, 3.63) is 35.4 Å². The Morgan fingerprint density at radius 2 is 1.92 bits per heavy atom. The Bertz CT molecular complexity index is 686. The van der Waals surface area contributed by atoms with Crippen LogP contribution >= 0.6 is 0 Å². The number of piperidine rings is 1. The molecule has 6 heteroatoms. The molecule has 26 heavy (non-hydrogen) atoms. The average molecular weight is 358 g/mol. The Kier molecular flexibility index (Phi) is 5.59. The molecule has 2 unspecified atom stereocenters. The standard InChI is InChI=1S/C20H26N2O4/c1-14-6-8-15(9-7-14)12-21-13-16(11-18(21)23)19(24)22-10-4-3-5-17(22)20(25)26-2/h6-9,16-17H,3-5,10-13H2,1-2H3. The molecule has 2 aliphatic heterocycles. The maximum absolute atomic E-state index is 13.0. The molecule has 2 fully saturated rings. The molecule has 1 aromatic carbocycles. The minimum atomic E-state index is -0.512. The number of hydrogen-bond acceptors (Lipinski definition) is 4. The van der Waals surface area contributed by atoms with Gasteiger partial charge in [0.2, 0.25) is 11.8 Å². The number of carbonyl (C=O) groups excluding carboxylic acids is 3. The van der Waals surface area contributed by atoms with Crippen LogP contribution in [0.15, 0.2) is 24.3 Å². The first-order valence-corrected chi connectivity index (χ1v) is 9.21. The molecule has 2 heterocycles. The van der Waals surface area contributed by atoms with Crippen molar-refractivity contribution in [2.75, 3.05) is 20.2 Å². The summed E-state index contributed by atoms with van der Waals surface area (Å²) in [6, 6.07) is 7.55. The first-order valence-electron chi connectivity index (χ1n) is 9.21. The number of esters is 1. The van der Waals surface area contributed by atoms with E-state index in [9.17, 15) is 14.4 Å². The summed E-state index contributed by atoms with van der Waals surface area (Å²) in [6.45, 7) is 3.51. The number of nitrogens with zero attached hydrogens (tertiary/aromatic N) is 2. The zero-order valence-corrected chi connectivity index (χ0v) is 15.4. The zero-order valence-electron chi connectivity index (χ0n) is 15.4. The lowest BCUT2D eigenvalue weighted by Crippen LogP contribution is -2.50. The third-order valence-corrected chi connectivity index (χ3v) is 5.32. The highest BCUT2D eigenvalue weighted by atomic mass is 16.5. The Morgan fingerprint density at radius 3 is 2.62 bits per heavy atom. The minimum Gasteiger partial charge on any atom is -0.467 e. The van der Waals surface area contributed by atoms with Crippen LogP contribution in [-0.2, 0) is 25.7 Å². The number of amides is 2. The Morgan fingerprint density at radius 1 is 1.19 bits per heavy atom. The quantitative estimate of drug-likeness (QED) is 0.771. The van der Waals surface area contributed by atoms with E-state index in [4.69, 9.17) is 4.74 Å². The fourth-order valence-electron chi connectivity index (χ4n) is 3.82. The average Bonchev–Trinajstić information content (AvgIpc) is 3.03. The SMILES string of the molecule is COC(=O)C1CCCCN1C(=O)C1CC(=O)N(Cc2ccc(C)cc2)C1. The third-order valence-electron chi connectivity index (χ3n) is 5.32. The zero-order chi connectivity index (χ0) is 18.7. The largest absolute Gasteiger partial charge is 0.467 e. The van der Waals surface area contributed by atoms with Crippen LogP contribution in [0.4, 0.5) is 0 Å². The highest BCUT2D eigenvalue weighted by Gasteiger charge is 2.41. The van der Waals surface area contributed by atoms with Gasteiger partial charge in [-0.2, -0.15) is 0 Å². The predicted molar refractivity (Wildman–Crippen MR) is 96.1 cm³/mol. The molecule has 140 valence electrons. The van der Waals surface area contributed by atoms with Crippen LogP contribution in [0.3, 0.4) is 0 Å². The lowest BCUT2D eigenvalue weighted by Gasteiger charge is -2.35. The normalized spacial score (nSPS) is 23.2. The summed E-state index contributed by atoms with van der Waals surface area (Å²) in [7, 11) is 1.35. The van der Waals surface area contributed by atoms with Crippen molar-refractivity contribution in [1.82, 2.24) is 9.80 Å². The molecular formula is C20H26N2O4. The Labute approximate surface area is 154 Å². The van der Waals surface area contributed by atoms with Crippen molar-refractivity contribution >= 4 is 17.8 Å². The first-order chi connectivity index (χ1) is 12.5. The summed E-state index contributed by atoms with van der Waals surface area (Å²) in [5.41, 5.74) is 2.23. The fourth-order valence-corrected chi connectivity index (χ4v) is 3.82. The van der Waals surface area contributed by atoms with Gasteiger partial charge in [-0.15, -0.1) is 0 Å². The molecule has 2 atom stereocenters. The van der Waals surface area contributed by atoms with Crippen molar-refractivity contribution < 1.29 is 19.1 Å². The van der Waals surface area contributed by atoms with Crippen LogP contribution in [0.1, 0.15) is 36.8 Å². The smallest absolute Gasteiger partial charge is 0.328 e. The Balaban J connectivity index is 1.66. The molecule has 0 aromatic heterocycles. The summed E-state index contributed by atoms with van der Waals surface area (Å²) in [6.07, 6.45) is 2.64. The van der Waals surface area contributed by atoms with Gasteiger partial charge in [-0.1, -0.05) is 29.8 Å². The monoisotopic (exact) mass is 358 g/mol. The van der Waals surface area contributed by atoms with E-state index in [1.165, 1.54) is 12.7 Å². The van der Waals surface area contributed by atoms with Crippen LogP contribution in [-0.4, -0.2) is 53.8 Å². The summed E-state index contributed by atoms with van der Waals surface area (Å²) in [4.78, 5) is 40.7. The van der Waals surface area contributed by atoms with Crippen LogP contribution in [0.2, 0.25) is 0 Å². The van der Waals surface area contributed by atoms with Gasteiger partial charge in [-0.05, 0) is 31.7 Å². The number of aryl methyl sites for hydroxylation is 1. The lowest BCUT2D eigenvalue weighted by atomic mass is 9.98. The van der Waals surface area contributed by atoms with Crippen LogP contribution < -0.4 is 0 Å². The van der Waals surface area contributed by atoms with Crippen molar-refractivity contribution in [2.24, 2.45) is 5.92 Å². The second-order valence-electron chi connectivity index (χ2n) is 7.23. The maximum atomic E-state index is 13.0. The topological polar surface area (TPSA) is 66.9 Å². The molecule has 2 saturated heterocycles. The molecule has 3 rings (SSSR count). The van der Waals surface area contributed by atoms with Crippen molar-refractivity contribution in [1.29, 1.82) is 0 Å². The molecule has 0 bridgehead atoms. The number of likely N-dealkylation sites (tertiary alicyclic amines) is 2. The molecular weight excluding hydrogens is 332 g/mol. The number of rotatable bonds is 4. The molecule has 0 aliphatic carbocycles. The van der Waals surface area contributed by atoms with Crippen LogP contribution in [0, 0.1) is 12.8 Å². The second kappa shape index (κ2) is 7.89. The van der Waals surface area contributed by atoms with Gasteiger partial charge < -0.3 is 14.5 Å². The molecule has 0 radical (unpaired) electrons. The third kappa shape index (κ3) is 3.89. The summed E-state index contributed by atoms with van der Waals surface area (Å²) in [5, 5.41) is 0. The number of benzene rings is 1. The summed E-state index contributed by atoms with van der Waals surface area (Å²) >= 11 is 0. The van der Waals surface area contributed by atoms with Gasteiger partial charge in [-0.25, -0.2) is 4.79 Å².